The highest BCUT2D eigenvalue weighted by atomic mass is 32.2. The van der Waals surface area contributed by atoms with Crippen LogP contribution >= 0.6 is 11.8 Å². The third kappa shape index (κ3) is 3.31. The van der Waals surface area contributed by atoms with Gasteiger partial charge in [-0.1, -0.05) is 42.1 Å². The minimum atomic E-state index is -4.37. The molecule has 0 aliphatic rings. The minimum absolute atomic E-state index is 0.174. The summed E-state index contributed by atoms with van der Waals surface area (Å²) >= 11 is 1.23. The van der Waals surface area contributed by atoms with E-state index in [9.17, 15) is 18.0 Å². The molecule has 24 heavy (non-hydrogen) atoms. The van der Waals surface area contributed by atoms with E-state index in [2.05, 4.69) is 4.98 Å². The second-order valence-corrected chi connectivity index (χ2v) is 6.21. The van der Waals surface area contributed by atoms with Gasteiger partial charge < -0.3 is 0 Å². The first-order valence-electron chi connectivity index (χ1n) is 7.11. The number of halogens is 3. The molecule has 0 N–H and O–H groups in total. The van der Waals surface area contributed by atoms with E-state index in [1.165, 1.54) is 22.4 Å². The van der Waals surface area contributed by atoms with Crippen molar-refractivity contribution >= 4 is 22.7 Å². The van der Waals surface area contributed by atoms with Crippen molar-refractivity contribution < 1.29 is 13.2 Å². The maximum Gasteiger partial charge on any atom is 0.416 e. The summed E-state index contributed by atoms with van der Waals surface area (Å²) in [5.41, 5.74) is 0.248. The van der Waals surface area contributed by atoms with E-state index in [0.29, 0.717) is 27.4 Å². The number of rotatable bonds is 3. The summed E-state index contributed by atoms with van der Waals surface area (Å²) in [6, 6.07) is 12.2. The van der Waals surface area contributed by atoms with Crippen molar-refractivity contribution in [3.05, 3.63) is 70.0 Å². The van der Waals surface area contributed by atoms with Crippen LogP contribution in [0.25, 0.3) is 10.9 Å². The Labute approximate surface area is 140 Å². The summed E-state index contributed by atoms with van der Waals surface area (Å²) < 4.78 is 39.7. The van der Waals surface area contributed by atoms with Crippen molar-refractivity contribution in [2.45, 2.75) is 17.1 Å². The fourth-order valence-corrected chi connectivity index (χ4v) is 3.23. The predicted molar refractivity (Wildman–Crippen MR) is 88.0 cm³/mol. The van der Waals surface area contributed by atoms with Gasteiger partial charge in [-0.05, 0) is 23.8 Å². The van der Waals surface area contributed by atoms with Crippen LogP contribution in [-0.4, -0.2) is 9.55 Å². The van der Waals surface area contributed by atoms with Crippen molar-refractivity contribution in [2.24, 2.45) is 7.05 Å². The van der Waals surface area contributed by atoms with Crippen LogP contribution < -0.4 is 5.56 Å². The largest absolute Gasteiger partial charge is 0.416 e. The number of hydrogen-bond donors (Lipinski definition) is 0. The molecule has 0 unspecified atom stereocenters. The topological polar surface area (TPSA) is 34.9 Å². The Morgan fingerprint density at radius 3 is 2.62 bits per heavy atom. The SMILES string of the molecule is Cn1c(SCc2cccc(C(F)(F)F)c2)nc2ccccc2c1=O. The van der Waals surface area contributed by atoms with Gasteiger partial charge in [0.1, 0.15) is 0 Å². The van der Waals surface area contributed by atoms with Gasteiger partial charge in [0, 0.05) is 12.8 Å². The van der Waals surface area contributed by atoms with Crippen molar-refractivity contribution in [1.29, 1.82) is 0 Å². The summed E-state index contributed by atoms with van der Waals surface area (Å²) in [4.78, 5) is 16.7. The molecule has 3 nitrogen and oxygen atoms in total. The highest BCUT2D eigenvalue weighted by Crippen LogP contribution is 2.31. The van der Waals surface area contributed by atoms with Crippen molar-refractivity contribution in [2.75, 3.05) is 0 Å². The van der Waals surface area contributed by atoms with Crippen molar-refractivity contribution in [3.8, 4) is 0 Å². The molecule has 0 saturated heterocycles. The fourth-order valence-electron chi connectivity index (χ4n) is 2.31. The van der Waals surface area contributed by atoms with E-state index in [1.54, 1.807) is 37.4 Å². The number of fused-ring (bicyclic) bond motifs is 1. The number of aromatic nitrogens is 2. The van der Waals surface area contributed by atoms with Crippen LogP contribution in [0.4, 0.5) is 13.2 Å². The average molecular weight is 350 g/mol. The van der Waals surface area contributed by atoms with Gasteiger partial charge in [0.2, 0.25) is 0 Å². The third-order valence-electron chi connectivity index (χ3n) is 3.56. The molecule has 0 spiro atoms. The highest BCUT2D eigenvalue weighted by molar-refractivity contribution is 7.98. The van der Waals surface area contributed by atoms with Gasteiger partial charge in [0.05, 0.1) is 16.5 Å². The van der Waals surface area contributed by atoms with Gasteiger partial charge in [-0.2, -0.15) is 13.2 Å². The molecule has 2 aromatic carbocycles. The van der Waals surface area contributed by atoms with Crippen LogP contribution in [0, 0.1) is 0 Å². The lowest BCUT2D eigenvalue weighted by molar-refractivity contribution is -0.137. The average Bonchev–Trinajstić information content (AvgIpc) is 2.56. The van der Waals surface area contributed by atoms with Crippen LogP contribution in [-0.2, 0) is 19.0 Å². The second-order valence-electron chi connectivity index (χ2n) is 5.26. The summed E-state index contributed by atoms with van der Waals surface area (Å²) in [6.07, 6.45) is -4.37. The molecule has 7 heteroatoms. The highest BCUT2D eigenvalue weighted by Gasteiger charge is 2.30. The minimum Gasteiger partial charge on any atom is -0.290 e. The molecule has 0 fully saturated rings. The van der Waals surface area contributed by atoms with Crippen LogP contribution in [0.15, 0.2) is 58.5 Å². The van der Waals surface area contributed by atoms with Gasteiger partial charge in [-0.15, -0.1) is 0 Å². The predicted octanol–water partition coefficient (Wildman–Crippen LogP) is 4.24. The molecule has 0 aliphatic carbocycles. The Bertz CT molecular complexity index is 950. The lowest BCUT2D eigenvalue weighted by Gasteiger charge is -2.10. The van der Waals surface area contributed by atoms with Crippen LogP contribution in [0.3, 0.4) is 0 Å². The molecule has 124 valence electrons. The Hall–Kier alpha value is -2.28. The van der Waals surface area contributed by atoms with Crippen molar-refractivity contribution in [1.82, 2.24) is 9.55 Å². The second kappa shape index (κ2) is 6.32. The van der Waals surface area contributed by atoms with Crippen LogP contribution in [0.2, 0.25) is 0 Å². The zero-order chi connectivity index (χ0) is 17.3. The lowest BCUT2D eigenvalue weighted by atomic mass is 10.1. The number of alkyl halides is 3. The molecule has 0 radical (unpaired) electrons. The van der Waals surface area contributed by atoms with E-state index in [4.69, 9.17) is 0 Å². The zero-order valence-electron chi connectivity index (χ0n) is 12.7. The first-order chi connectivity index (χ1) is 11.4. The van der Waals surface area contributed by atoms with Gasteiger partial charge in [-0.3, -0.25) is 9.36 Å². The van der Waals surface area contributed by atoms with E-state index < -0.39 is 11.7 Å². The molecule has 0 aliphatic heterocycles. The summed E-state index contributed by atoms with van der Waals surface area (Å²) in [5.74, 6) is 0.294. The number of para-hydroxylation sites is 1. The van der Waals surface area contributed by atoms with E-state index >= 15 is 0 Å². The molecule has 3 rings (SSSR count). The number of thioether (sulfide) groups is 1. The standard InChI is InChI=1S/C17H13F3N2OS/c1-22-15(23)13-7-2-3-8-14(13)21-16(22)24-10-11-5-4-6-12(9-11)17(18,19)20/h2-9H,10H2,1H3. The first kappa shape index (κ1) is 16.6. The molecular weight excluding hydrogens is 337 g/mol. The summed E-state index contributed by atoms with van der Waals surface area (Å²) in [7, 11) is 1.61. The lowest BCUT2D eigenvalue weighted by Crippen LogP contribution is -2.19. The zero-order valence-corrected chi connectivity index (χ0v) is 13.5. The van der Waals surface area contributed by atoms with E-state index in [0.717, 1.165) is 12.1 Å². The Kier molecular flexibility index (Phi) is 4.36. The van der Waals surface area contributed by atoms with E-state index in [1.807, 2.05) is 0 Å². The normalized spacial score (nSPS) is 11.8. The molecule has 0 atom stereocenters. The quantitative estimate of drug-likeness (QED) is 0.523. The molecule has 3 aromatic rings. The first-order valence-corrected chi connectivity index (χ1v) is 8.09. The molecule has 0 amide bonds. The van der Waals surface area contributed by atoms with Crippen LogP contribution in [0.1, 0.15) is 11.1 Å². The van der Waals surface area contributed by atoms with Gasteiger partial charge in [0.25, 0.3) is 5.56 Å². The molecule has 0 bridgehead atoms. The Balaban J connectivity index is 1.89. The molecular formula is C17H13F3N2OS. The Morgan fingerprint density at radius 1 is 1.12 bits per heavy atom. The molecule has 1 heterocycles. The summed E-state index contributed by atoms with van der Waals surface area (Å²) in [6.45, 7) is 0. The van der Waals surface area contributed by atoms with Gasteiger partial charge >= 0.3 is 6.18 Å². The summed E-state index contributed by atoms with van der Waals surface area (Å²) in [5, 5.41) is 0.986. The van der Waals surface area contributed by atoms with Gasteiger partial charge in [-0.25, -0.2) is 4.98 Å². The number of nitrogens with zero attached hydrogens (tertiary/aromatic N) is 2. The maximum absolute atomic E-state index is 12.8. The maximum atomic E-state index is 12.8. The fraction of sp³-hybridized carbons (Fsp3) is 0.176. The third-order valence-corrected chi connectivity index (χ3v) is 4.67. The number of benzene rings is 2. The van der Waals surface area contributed by atoms with Gasteiger partial charge in [0.15, 0.2) is 5.16 Å². The molecule has 1 aromatic heterocycles. The van der Waals surface area contributed by atoms with Crippen LogP contribution in [0.5, 0.6) is 0 Å². The number of hydrogen-bond acceptors (Lipinski definition) is 3. The monoisotopic (exact) mass is 350 g/mol. The molecule has 0 saturated carbocycles. The Morgan fingerprint density at radius 2 is 1.88 bits per heavy atom. The van der Waals surface area contributed by atoms with Crippen molar-refractivity contribution in [3.63, 3.8) is 0 Å². The van der Waals surface area contributed by atoms with E-state index in [-0.39, 0.29) is 5.56 Å². The smallest absolute Gasteiger partial charge is 0.290 e.